The largest absolute Gasteiger partial charge is 0.366 e. The zero-order valence-corrected chi connectivity index (χ0v) is 11.5. The van der Waals surface area contributed by atoms with Crippen molar-refractivity contribution in [1.29, 1.82) is 0 Å². The highest BCUT2D eigenvalue weighted by Crippen LogP contribution is 2.26. The molecule has 0 spiro atoms. The zero-order chi connectivity index (χ0) is 12.4. The Balaban J connectivity index is 2.07. The van der Waals surface area contributed by atoms with Crippen molar-refractivity contribution >= 4 is 28.9 Å². The smallest absolute Gasteiger partial charge is 0.175 e. The molecule has 2 rings (SSSR count). The van der Waals surface area contributed by atoms with Crippen LogP contribution in [0.5, 0.6) is 0 Å². The Morgan fingerprint density at radius 3 is 2.35 bits per heavy atom. The lowest BCUT2D eigenvalue weighted by Gasteiger charge is -2.38. The van der Waals surface area contributed by atoms with Gasteiger partial charge in [-0.3, -0.25) is 4.90 Å². The summed E-state index contributed by atoms with van der Waals surface area (Å²) >= 11 is 11.9. The standard InChI is InChI=1S/C11H16Cl2N4/c1-8(2)16-3-5-17(6-4-16)9-7-10(12)14-15-11(9)13/h7-8H,3-6H2,1-2H3. The minimum absolute atomic E-state index is 0.385. The van der Waals surface area contributed by atoms with Crippen molar-refractivity contribution in [3.8, 4) is 0 Å². The Labute approximate surface area is 112 Å². The minimum Gasteiger partial charge on any atom is -0.366 e. The molecule has 94 valence electrons. The summed E-state index contributed by atoms with van der Waals surface area (Å²) in [4.78, 5) is 4.66. The highest BCUT2D eigenvalue weighted by Gasteiger charge is 2.21. The molecule has 0 aromatic carbocycles. The number of aromatic nitrogens is 2. The lowest BCUT2D eigenvalue weighted by molar-refractivity contribution is 0.209. The first-order valence-electron chi connectivity index (χ1n) is 5.75. The molecular formula is C11H16Cl2N4. The van der Waals surface area contributed by atoms with Crippen LogP contribution in [0.15, 0.2) is 6.07 Å². The van der Waals surface area contributed by atoms with Crippen LogP contribution in [0, 0.1) is 0 Å². The van der Waals surface area contributed by atoms with E-state index in [4.69, 9.17) is 23.2 Å². The quantitative estimate of drug-likeness (QED) is 0.829. The van der Waals surface area contributed by atoms with Crippen LogP contribution >= 0.6 is 23.2 Å². The number of nitrogens with zero attached hydrogens (tertiary/aromatic N) is 4. The van der Waals surface area contributed by atoms with Crippen molar-refractivity contribution < 1.29 is 0 Å². The van der Waals surface area contributed by atoms with Gasteiger partial charge in [0.25, 0.3) is 0 Å². The first kappa shape index (κ1) is 12.9. The molecule has 0 radical (unpaired) electrons. The third-order valence-electron chi connectivity index (χ3n) is 3.09. The lowest BCUT2D eigenvalue weighted by atomic mass is 10.2. The lowest BCUT2D eigenvalue weighted by Crippen LogP contribution is -2.49. The average Bonchev–Trinajstić information content (AvgIpc) is 2.32. The maximum absolute atomic E-state index is 6.04. The van der Waals surface area contributed by atoms with Gasteiger partial charge in [-0.2, -0.15) is 0 Å². The number of hydrogen-bond acceptors (Lipinski definition) is 4. The number of halogens is 2. The molecular weight excluding hydrogens is 259 g/mol. The monoisotopic (exact) mass is 274 g/mol. The molecule has 6 heteroatoms. The van der Waals surface area contributed by atoms with Crippen LogP contribution in [-0.2, 0) is 0 Å². The minimum atomic E-state index is 0.385. The molecule has 2 heterocycles. The molecule has 0 N–H and O–H groups in total. The molecule has 1 saturated heterocycles. The molecule has 0 amide bonds. The fourth-order valence-corrected chi connectivity index (χ4v) is 2.40. The highest BCUT2D eigenvalue weighted by atomic mass is 35.5. The molecule has 1 aliphatic rings. The van der Waals surface area contributed by atoms with Crippen LogP contribution in [0.25, 0.3) is 0 Å². The van der Waals surface area contributed by atoms with E-state index in [1.807, 2.05) is 0 Å². The van der Waals surface area contributed by atoms with Crippen LogP contribution in [0.4, 0.5) is 5.69 Å². The second-order valence-electron chi connectivity index (χ2n) is 4.46. The maximum Gasteiger partial charge on any atom is 0.175 e. The average molecular weight is 275 g/mol. The van der Waals surface area contributed by atoms with E-state index in [1.165, 1.54) is 0 Å². The zero-order valence-electron chi connectivity index (χ0n) is 10.0. The van der Waals surface area contributed by atoms with E-state index in [-0.39, 0.29) is 0 Å². The van der Waals surface area contributed by atoms with Crippen LogP contribution in [0.3, 0.4) is 0 Å². The molecule has 1 aliphatic heterocycles. The summed E-state index contributed by atoms with van der Waals surface area (Å²) < 4.78 is 0. The second kappa shape index (κ2) is 5.38. The summed E-state index contributed by atoms with van der Waals surface area (Å²) in [5.74, 6) is 0. The van der Waals surface area contributed by atoms with E-state index in [1.54, 1.807) is 6.07 Å². The first-order valence-corrected chi connectivity index (χ1v) is 6.51. The number of anilines is 1. The van der Waals surface area contributed by atoms with Gasteiger partial charge in [-0.25, -0.2) is 0 Å². The van der Waals surface area contributed by atoms with Crippen molar-refractivity contribution in [2.45, 2.75) is 19.9 Å². The Morgan fingerprint density at radius 1 is 1.12 bits per heavy atom. The van der Waals surface area contributed by atoms with Gasteiger partial charge >= 0.3 is 0 Å². The normalized spacial score (nSPS) is 17.8. The van der Waals surface area contributed by atoms with Gasteiger partial charge in [-0.1, -0.05) is 23.2 Å². The predicted octanol–water partition coefficient (Wildman–Crippen LogP) is 2.31. The third-order valence-corrected chi connectivity index (χ3v) is 3.54. The summed E-state index contributed by atoms with van der Waals surface area (Å²) in [6, 6.07) is 2.37. The SMILES string of the molecule is CC(C)N1CCN(c2cc(Cl)nnc2Cl)CC1. The van der Waals surface area contributed by atoms with Crippen LogP contribution in [0.2, 0.25) is 10.3 Å². The highest BCUT2D eigenvalue weighted by molar-refractivity contribution is 6.33. The van der Waals surface area contributed by atoms with Gasteiger partial charge < -0.3 is 4.90 Å². The van der Waals surface area contributed by atoms with Gasteiger partial charge in [0.15, 0.2) is 10.3 Å². The molecule has 17 heavy (non-hydrogen) atoms. The molecule has 1 aromatic rings. The summed E-state index contributed by atoms with van der Waals surface area (Å²) in [5, 5.41) is 8.37. The van der Waals surface area contributed by atoms with E-state index in [9.17, 15) is 0 Å². The molecule has 1 aromatic heterocycles. The summed E-state index contributed by atoms with van der Waals surface area (Å²) in [6.07, 6.45) is 0. The summed E-state index contributed by atoms with van der Waals surface area (Å²) in [6.45, 7) is 8.39. The van der Waals surface area contributed by atoms with Gasteiger partial charge in [0.05, 0.1) is 5.69 Å². The van der Waals surface area contributed by atoms with Gasteiger partial charge in [-0.05, 0) is 13.8 Å². The van der Waals surface area contributed by atoms with E-state index in [2.05, 4.69) is 33.8 Å². The second-order valence-corrected chi connectivity index (χ2v) is 5.21. The van der Waals surface area contributed by atoms with Crippen LogP contribution in [0.1, 0.15) is 13.8 Å². The topological polar surface area (TPSA) is 32.3 Å². The molecule has 0 atom stereocenters. The van der Waals surface area contributed by atoms with Crippen LogP contribution in [-0.4, -0.2) is 47.3 Å². The van der Waals surface area contributed by atoms with E-state index >= 15 is 0 Å². The number of rotatable bonds is 2. The third kappa shape index (κ3) is 3.00. The fraction of sp³-hybridized carbons (Fsp3) is 0.636. The van der Waals surface area contributed by atoms with Crippen molar-refractivity contribution in [2.24, 2.45) is 0 Å². The molecule has 0 unspecified atom stereocenters. The number of hydrogen-bond donors (Lipinski definition) is 0. The molecule has 1 fully saturated rings. The van der Waals surface area contributed by atoms with Crippen LogP contribution < -0.4 is 4.90 Å². The molecule has 0 bridgehead atoms. The van der Waals surface area contributed by atoms with Crippen molar-refractivity contribution in [3.05, 3.63) is 16.4 Å². The molecule has 0 aliphatic carbocycles. The Morgan fingerprint density at radius 2 is 1.76 bits per heavy atom. The van der Waals surface area contributed by atoms with Gasteiger partial charge in [0.1, 0.15) is 0 Å². The van der Waals surface area contributed by atoms with E-state index in [0.717, 1.165) is 31.9 Å². The summed E-state index contributed by atoms with van der Waals surface area (Å²) in [5.41, 5.74) is 0.884. The van der Waals surface area contributed by atoms with Gasteiger partial charge in [0.2, 0.25) is 0 Å². The van der Waals surface area contributed by atoms with Crippen molar-refractivity contribution in [3.63, 3.8) is 0 Å². The fourth-order valence-electron chi connectivity index (χ4n) is 2.05. The predicted molar refractivity (Wildman–Crippen MR) is 71.0 cm³/mol. The van der Waals surface area contributed by atoms with Crippen molar-refractivity contribution in [2.75, 3.05) is 31.1 Å². The Bertz CT molecular complexity index is 389. The van der Waals surface area contributed by atoms with Gasteiger partial charge in [-0.15, -0.1) is 10.2 Å². The van der Waals surface area contributed by atoms with E-state index in [0.29, 0.717) is 16.3 Å². The Hall–Kier alpha value is -0.580. The van der Waals surface area contributed by atoms with Gasteiger partial charge in [0, 0.05) is 38.3 Å². The Kier molecular flexibility index (Phi) is 4.07. The number of piperazine rings is 1. The van der Waals surface area contributed by atoms with Crippen molar-refractivity contribution in [1.82, 2.24) is 15.1 Å². The molecule has 0 saturated carbocycles. The van der Waals surface area contributed by atoms with E-state index < -0.39 is 0 Å². The molecule has 4 nitrogen and oxygen atoms in total. The summed E-state index contributed by atoms with van der Waals surface area (Å²) in [7, 11) is 0. The first-order chi connectivity index (χ1) is 8.08. The maximum atomic E-state index is 6.04.